The molecule has 2 rings (SSSR count). The molecule has 3 N–H and O–H groups in total. The molecule has 0 heterocycles. The van der Waals surface area contributed by atoms with Crippen LogP contribution < -0.4 is 15.8 Å². The third kappa shape index (κ3) is 4.67. The van der Waals surface area contributed by atoms with Gasteiger partial charge in [-0.15, -0.1) is 0 Å². The largest absolute Gasteiger partial charge is 0.491 e. The first-order valence-electron chi connectivity index (χ1n) is 7.19. The minimum Gasteiger partial charge on any atom is -0.491 e. The van der Waals surface area contributed by atoms with E-state index in [2.05, 4.69) is 12.2 Å². The second-order valence-corrected chi connectivity index (χ2v) is 4.91. The minimum absolute atomic E-state index is 0.199. The van der Waals surface area contributed by atoms with Gasteiger partial charge in [0, 0.05) is 18.3 Å². The molecule has 0 saturated carbocycles. The smallest absolute Gasteiger partial charge is 0.144 e. The van der Waals surface area contributed by atoms with E-state index >= 15 is 0 Å². The van der Waals surface area contributed by atoms with E-state index in [0.29, 0.717) is 18.0 Å². The molecule has 0 saturated heterocycles. The third-order valence-electron chi connectivity index (χ3n) is 3.11. The van der Waals surface area contributed by atoms with Gasteiger partial charge in [0.1, 0.15) is 11.6 Å². The zero-order valence-corrected chi connectivity index (χ0v) is 12.2. The van der Waals surface area contributed by atoms with E-state index in [1.54, 1.807) is 12.1 Å². The zero-order valence-electron chi connectivity index (χ0n) is 12.2. The summed E-state index contributed by atoms with van der Waals surface area (Å²) in [6.07, 6.45) is 1.70. The summed E-state index contributed by atoms with van der Waals surface area (Å²) in [6, 6.07) is 12.3. The lowest BCUT2D eigenvalue weighted by Gasteiger charge is -2.11. The summed E-state index contributed by atoms with van der Waals surface area (Å²) in [5, 5.41) is 3.30. The number of nitrogens with one attached hydrogen (secondary N) is 1. The number of benzene rings is 2. The fraction of sp³-hybridized carbons (Fsp3) is 0.294. The molecule has 3 nitrogen and oxygen atoms in total. The highest BCUT2D eigenvalue weighted by Crippen LogP contribution is 2.25. The molecule has 0 unspecified atom stereocenters. The first kappa shape index (κ1) is 15.2. The Balaban J connectivity index is 1.91. The summed E-state index contributed by atoms with van der Waals surface area (Å²) in [7, 11) is 0. The van der Waals surface area contributed by atoms with Crippen molar-refractivity contribution in [2.24, 2.45) is 0 Å². The maximum Gasteiger partial charge on any atom is 0.144 e. The number of rotatable bonds is 7. The Kier molecular flexibility index (Phi) is 5.43. The van der Waals surface area contributed by atoms with E-state index in [1.807, 2.05) is 24.3 Å². The van der Waals surface area contributed by atoms with Gasteiger partial charge in [-0.2, -0.15) is 0 Å². The fourth-order valence-corrected chi connectivity index (χ4v) is 2.02. The summed E-state index contributed by atoms with van der Waals surface area (Å²) in [5.74, 6) is 0.503. The molecule has 2 aromatic rings. The Bertz CT molecular complexity index is 587. The predicted octanol–water partition coefficient (Wildman–Crippen LogP) is 3.85. The molecule has 4 heteroatoms. The van der Waals surface area contributed by atoms with Crippen molar-refractivity contribution in [3.05, 3.63) is 53.8 Å². The maximum absolute atomic E-state index is 13.1. The number of ether oxygens (including phenoxy) is 1. The van der Waals surface area contributed by atoms with Gasteiger partial charge in [0.2, 0.25) is 0 Å². The van der Waals surface area contributed by atoms with E-state index in [1.165, 1.54) is 6.07 Å². The van der Waals surface area contributed by atoms with Crippen LogP contribution in [0.5, 0.6) is 5.75 Å². The van der Waals surface area contributed by atoms with Gasteiger partial charge in [-0.25, -0.2) is 4.39 Å². The minimum atomic E-state index is -0.199. The van der Waals surface area contributed by atoms with Crippen molar-refractivity contribution in [2.45, 2.75) is 19.8 Å². The Labute approximate surface area is 124 Å². The van der Waals surface area contributed by atoms with E-state index in [9.17, 15) is 4.39 Å². The van der Waals surface area contributed by atoms with Crippen molar-refractivity contribution >= 4 is 11.4 Å². The van der Waals surface area contributed by atoms with Crippen LogP contribution in [0.15, 0.2) is 42.5 Å². The summed E-state index contributed by atoms with van der Waals surface area (Å²) < 4.78 is 18.7. The second kappa shape index (κ2) is 7.53. The monoisotopic (exact) mass is 288 g/mol. The Morgan fingerprint density at radius 3 is 2.81 bits per heavy atom. The number of halogens is 1. The van der Waals surface area contributed by atoms with Gasteiger partial charge in [0.15, 0.2) is 0 Å². The molecule has 0 fully saturated rings. The summed E-state index contributed by atoms with van der Waals surface area (Å²) in [6.45, 7) is 3.43. The Morgan fingerprint density at radius 2 is 2.05 bits per heavy atom. The second-order valence-electron chi connectivity index (χ2n) is 4.91. The zero-order chi connectivity index (χ0) is 15.1. The average molecular weight is 288 g/mol. The molecule has 0 amide bonds. The van der Waals surface area contributed by atoms with Gasteiger partial charge < -0.3 is 15.8 Å². The topological polar surface area (TPSA) is 47.3 Å². The van der Waals surface area contributed by atoms with Crippen LogP contribution in [0.25, 0.3) is 0 Å². The molecule has 0 bridgehead atoms. The molecular formula is C17H21FN2O. The lowest BCUT2D eigenvalue weighted by atomic mass is 10.1. The van der Waals surface area contributed by atoms with Crippen LogP contribution in [0.2, 0.25) is 0 Å². The van der Waals surface area contributed by atoms with Crippen LogP contribution in [0, 0.1) is 5.82 Å². The van der Waals surface area contributed by atoms with Gasteiger partial charge in [0.25, 0.3) is 0 Å². The quantitative estimate of drug-likeness (QED) is 0.761. The average Bonchev–Trinajstić information content (AvgIpc) is 2.48. The van der Waals surface area contributed by atoms with Crippen LogP contribution in [0.3, 0.4) is 0 Å². The van der Waals surface area contributed by atoms with Crippen molar-refractivity contribution in [2.75, 3.05) is 24.2 Å². The molecule has 0 aromatic heterocycles. The highest BCUT2D eigenvalue weighted by Gasteiger charge is 2.02. The van der Waals surface area contributed by atoms with E-state index in [-0.39, 0.29) is 5.82 Å². The van der Waals surface area contributed by atoms with Gasteiger partial charge in [0.05, 0.1) is 12.3 Å². The number of hydrogen-bond donors (Lipinski definition) is 2. The highest BCUT2D eigenvalue weighted by molar-refractivity contribution is 5.61. The summed E-state index contributed by atoms with van der Waals surface area (Å²) in [4.78, 5) is 0. The van der Waals surface area contributed by atoms with E-state index in [0.717, 1.165) is 30.6 Å². The number of hydrogen-bond acceptors (Lipinski definition) is 3. The standard InChI is InChI=1S/C17H21FN2O/c1-2-10-21-17-12-15(6-7-16(17)19)20-9-8-13-4-3-5-14(18)11-13/h3-7,11-12,20H,2,8-10,19H2,1H3. The lowest BCUT2D eigenvalue weighted by Crippen LogP contribution is -2.06. The lowest BCUT2D eigenvalue weighted by molar-refractivity contribution is 0.319. The molecule has 0 aliphatic heterocycles. The van der Waals surface area contributed by atoms with Crippen molar-refractivity contribution in [3.8, 4) is 5.75 Å². The van der Waals surface area contributed by atoms with Gasteiger partial charge >= 0.3 is 0 Å². The first-order chi connectivity index (χ1) is 10.2. The Morgan fingerprint density at radius 1 is 1.19 bits per heavy atom. The molecule has 2 aromatic carbocycles. The number of anilines is 2. The molecule has 21 heavy (non-hydrogen) atoms. The number of nitrogen functional groups attached to an aromatic ring is 1. The highest BCUT2D eigenvalue weighted by atomic mass is 19.1. The predicted molar refractivity (Wildman–Crippen MR) is 85.2 cm³/mol. The molecule has 112 valence electrons. The Hall–Kier alpha value is -2.23. The third-order valence-corrected chi connectivity index (χ3v) is 3.11. The molecular weight excluding hydrogens is 267 g/mol. The van der Waals surface area contributed by atoms with Crippen LogP contribution in [-0.4, -0.2) is 13.2 Å². The van der Waals surface area contributed by atoms with E-state index in [4.69, 9.17) is 10.5 Å². The molecule has 0 aliphatic carbocycles. The van der Waals surface area contributed by atoms with Crippen molar-refractivity contribution in [1.82, 2.24) is 0 Å². The summed E-state index contributed by atoms with van der Waals surface area (Å²) >= 11 is 0. The molecule has 0 spiro atoms. The van der Waals surface area contributed by atoms with Crippen LogP contribution >= 0.6 is 0 Å². The normalized spacial score (nSPS) is 10.4. The van der Waals surface area contributed by atoms with E-state index < -0.39 is 0 Å². The van der Waals surface area contributed by atoms with Crippen LogP contribution in [0.1, 0.15) is 18.9 Å². The van der Waals surface area contributed by atoms with Crippen LogP contribution in [-0.2, 0) is 6.42 Å². The van der Waals surface area contributed by atoms with Crippen molar-refractivity contribution < 1.29 is 9.13 Å². The summed E-state index contributed by atoms with van der Waals surface area (Å²) in [5.41, 5.74) is 8.43. The fourth-order valence-electron chi connectivity index (χ4n) is 2.02. The SMILES string of the molecule is CCCOc1cc(NCCc2cccc(F)c2)ccc1N. The molecule has 0 atom stereocenters. The molecule has 0 radical (unpaired) electrons. The first-order valence-corrected chi connectivity index (χ1v) is 7.19. The maximum atomic E-state index is 13.1. The number of nitrogens with two attached hydrogens (primary N) is 1. The van der Waals surface area contributed by atoms with Gasteiger partial charge in [-0.3, -0.25) is 0 Å². The molecule has 0 aliphatic rings. The van der Waals surface area contributed by atoms with Crippen molar-refractivity contribution in [3.63, 3.8) is 0 Å². The van der Waals surface area contributed by atoms with Gasteiger partial charge in [-0.05, 0) is 42.7 Å². The van der Waals surface area contributed by atoms with Gasteiger partial charge in [-0.1, -0.05) is 19.1 Å². The van der Waals surface area contributed by atoms with Crippen LogP contribution in [0.4, 0.5) is 15.8 Å². The van der Waals surface area contributed by atoms with Crippen molar-refractivity contribution in [1.29, 1.82) is 0 Å².